The van der Waals surface area contributed by atoms with Gasteiger partial charge in [-0.3, -0.25) is 4.79 Å². The van der Waals surface area contributed by atoms with Gasteiger partial charge in [-0.25, -0.2) is 4.68 Å². The Morgan fingerprint density at radius 2 is 1.56 bits per heavy atom. The lowest BCUT2D eigenvalue weighted by atomic mass is 10.0. The Labute approximate surface area is 205 Å². The fourth-order valence-corrected chi connectivity index (χ4v) is 5.02. The fraction of sp³-hybridized carbons (Fsp3) is 0.111. The highest BCUT2D eigenvalue weighted by Gasteiger charge is 2.23. The van der Waals surface area contributed by atoms with E-state index in [4.69, 9.17) is 14.6 Å². The highest BCUT2D eigenvalue weighted by atomic mass is 32.1. The molecule has 0 spiro atoms. The predicted octanol–water partition coefficient (Wildman–Crippen LogP) is 6.86. The lowest BCUT2D eigenvalue weighted by Crippen LogP contribution is -2.26. The molecule has 3 aromatic heterocycles. The summed E-state index contributed by atoms with van der Waals surface area (Å²) in [6, 6.07) is 19.2. The number of aromatic nitrogens is 2. The zero-order valence-corrected chi connectivity index (χ0v) is 20.4. The molecule has 5 rings (SSSR count). The second kappa shape index (κ2) is 9.67. The zero-order chi connectivity index (χ0) is 23.5. The predicted molar refractivity (Wildman–Crippen MR) is 138 cm³/mol. The van der Waals surface area contributed by atoms with E-state index in [1.54, 1.807) is 41.9 Å². The molecule has 2 aromatic carbocycles. The lowest BCUT2D eigenvalue weighted by molar-refractivity contribution is 0.412. The van der Waals surface area contributed by atoms with Crippen LogP contribution in [-0.2, 0) is 6.54 Å². The van der Waals surface area contributed by atoms with Crippen molar-refractivity contribution in [3.63, 3.8) is 0 Å². The zero-order valence-electron chi connectivity index (χ0n) is 18.7. The molecule has 5 nitrogen and oxygen atoms in total. The first kappa shape index (κ1) is 22.1. The van der Waals surface area contributed by atoms with E-state index in [1.807, 2.05) is 77.0 Å². The number of ether oxygens (including phenoxy) is 2. The van der Waals surface area contributed by atoms with Gasteiger partial charge < -0.3 is 9.47 Å². The SMILES string of the molecule is COc1ccc(Oc2c(-c3ccsc3)c(-c3ccsc3)nn(Cc3ccccc3C)c2=O)cc1. The van der Waals surface area contributed by atoms with E-state index >= 15 is 0 Å². The van der Waals surface area contributed by atoms with E-state index in [0.717, 1.165) is 33.7 Å². The maximum Gasteiger partial charge on any atom is 0.310 e. The average molecular weight is 487 g/mol. The third kappa shape index (κ3) is 4.40. The quantitative estimate of drug-likeness (QED) is 0.252. The molecule has 0 atom stereocenters. The monoisotopic (exact) mass is 486 g/mol. The van der Waals surface area contributed by atoms with Crippen LogP contribution in [0.4, 0.5) is 0 Å². The Morgan fingerprint density at radius 3 is 2.21 bits per heavy atom. The van der Waals surface area contributed by atoms with Gasteiger partial charge in [0.1, 0.15) is 17.2 Å². The number of rotatable bonds is 7. The van der Waals surface area contributed by atoms with Crippen LogP contribution in [0.2, 0.25) is 0 Å². The van der Waals surface area contributed by atoms with Gasteiger partial charge >= 0.3 is 5.56 Å². The molecule has 0 N–H and O–H groups in total. The minimum Gasteiger partial charge on any atom is -0.497 e. The van der Waals surface area contributed by atoms with Crippen molar-refractivity contribution in [1.82, 2.24) is 9.78 Å². The molecule has 7 heteroatoms. The van der Waals surface area contributed by atoms with Gasteiger partial charge in [-0.15, -0.1) is 0 Å². The Kier molecular flexibility index (Phi) is 6.29. The van der Waals surface area contributed by atoms with Crippen molar-refractivity contribution in [2.24, 2.45) is 0 Å². The minimum absolute atomic E-state index is 0.258. The lowest BCUT2D eigenvalue weighted by Gasteiger charge is -2.17. The van der Waals surface area contributed by atoms with Gasteiger partial charge in [-0.05, 0) is 76.2 Å². The van der Waals surface area contributed by atoms with Gasteiger partial charge in [-0.1, -0.05) is 24.3 Å². The van der Waals surface area contributed by atoms with E-state index in [2.05, 4.69) is 0 Å². The molecule has 0 saturated heterocycles. The summed E-state index contributed by atoms with van der Waals surface area (Å²) in [7, 11) is 1.62. The van der Waals surface area contributed by atoms with Gasteiger partial charge in [0.25, 0.3) is 0 Å². The molecule has 0 amide bonds. The van der Waals surface area contributed by atoms with Crippen molar-refractivity contribution < 1.29 is 9.47 Å². The summed E-state index contributed by atoms with van der Waals surface area (Å²) in [5.74, 6) is 1.53. The Bertz CT molecular complexity index is 1460. The molecule has 0 bridgehead atoms. The van der Waals surface area contributed by atoms with E-state index < -0.39 is 0 Å². The van der Waals surface area contributed by atoms with Crippen molar-refractivity contribution in [2.45, 2.75) is 13.5 Å². The summed E-state index contributed by atoms with van der Waals surface area (Å²) < 4.78 is 13.1. The Hall–Kier alpha value is -3.68. The van der Waals surface area contributed by atoms with Crippen molar-refractivity contribution in [1.29, 1.82) is 0 Å². The van der Waals surface area contributed by atoms with Crippen LogP contribution in [-0.4, -0.2) is 16.9 Å². The summed E-state index contributed by atoms with van der Waals surface area (Å²) >= 11 is 3.16. The van der Waals surface area contributed by atoms with Crippen LogP contribution in [0.5, 0.6) is 17.2 Å². The first-order valence-electron chi connectivity index (χ1n) is 10.7. The molecule has 34 heavy (non-hydrogen) atoms. The first-order valence-corrected chi connectivity index (χ1v) is 12.6. The van der Waals surface area contributed by atoms with Gasteiger partial charge in [0.15, 0.2) is 0 Å². The Balaban J connectivity index is 1.73. The number of thiophene rings is 2. The summed E-state index contributed by atoms with van der Waals surface area (Å²) in [6.07, 6.45) is 0. The van der Waals surface area contributed by atoms with Crippen LogP contribution in [0.1, 0.15) is 11.1 Å². The number of nitrogens with zero attached hydrogens (tertiary/aromatic N) is 2. The summed E-state index contributed by atoms with van der Waals surface area (Å²) in [5, 5.41) is 12.9. The smallest absolute Gasteiger partial charge is 0.310 e. The standard InChI is InChI=1S/C27H22N2O3S2/c1-18-5-3-4-6-19(18)15-29-27(30)26(32-23-9-7-22(31-2)8-10-23)24(20-11-13-33-16-20)25(28-29)21-12-14-34-17-21/h3-14,16-17H,15H2,1-2H3. The molecule has 0 saturated carbocycles. The van der Waals surface area contributed by atoms with Crippen LogP contribution >= 0.6 is 22.7 Å². The normalized spacial score (nSPS) is 10.9. The second-order valence-corrected chi connectivity index (χ2v) is 9.30. The maximum atomic E-state index is 13.8. The molecule has 3 heterocycles. The fourth-order valence-electron chi connectivity index (χ4n) is 3.74. The topological polar surface area (TPSA) is 53.4 Å². The van der Waals surface area contributed by atoms with Gasteiger partial charge in [-0.2, -0.15) is 27.8 Å². The highest BCUT2D eigenvalue weighted by Crippen LogP contribution is 2.39. The molecule has 0 unspecified atom stereocenters. The van der Waals surface area contributed by atoms with Crippen molar-refractivity contribution in [3.05, 3.63) is 104 Å². The molecule has 0 aliphatic carbocycles. The first-order chi connectivity index (χ1) is 16.6. The number of benzene rings is 2. The molecule has 0 fully saturated rings. The van der Waals surface area contributed by atoms with Crippen LogP contribution in [0.15, 0.2) is 87.0 Å². The number of hydrogen-bond acceptors (Lipinski definition) is 6. The largest absolute Gasteiger partial charge is 0.497 e. The third-order valence-corrected chi connectivity index (χ3v) is 6.94. The van der Waals surface area contributed by atoms with Gasteiger partial charge in [0.2, 0.25) is 5.75 Å². The third-order valence-electron chi connectivity index (χ3n) is 5.58. The number of hydrogen-bond donors (Lipinski definition) is 0. The van der Waals surface area contributed by atoms with Crippen molar-refractivity contribution in [3.8, 4) is 39.6 Å². The van der Waals surface area contributed by atoms with Crippen LogP contribution in [0.3, 0.4) is 0 Å². The van der Waals surface area contributed by atoms with Gasteiger partial charge in [0, 0.05) is 10.9 Å². The maximum absolute atomic E-state index is 13.8. The minimum atomic E-state index is -0.278. The molecular weight excluding hydrogens is 464 g/mol. The summed E-state index contributed by atoms with van der Waals surface area (Å²) in [4.78, 5) is 13.8. The van der Waals surface area contributed by atoms with E-state index in [1.165, 1.54) is 4.68 Å². The molecule has 170 valence electrons. The average Bonchev–Trinajstić information content (AvgIpc) is 3.58. The van der Waals surface area contributed by atoms with Crippen molar-refractivity contribution >= 4 is 22.7 Å². The second-order valence-electron chi connectivity index (χ2n) is 7.74. The molecular formula is C27H22N2O3S2. The highest BCUT2D eigenvalue weighted by molar-refractivity contribution is 7.08. The van der Waals surface area contributed by atoms with Crippen LogP contribution in [0.25, 0.3) is 22.4 Å². The van der Waals surface area contributed by atoms with E-state index in [0.29, 0.717) is 17.9 Å². The molecule has 5 aromatic rings. The van der Waals surface area contributed by atoms with Crippen LogP contribution in [0, 0.1) is 6.92 Å². The summed E-state index contributed by atoms with van der Waals surface area (Å²) in [5.41, 5.74) is 5.13. The van der Waals surface area contributed by atoms with Crippen LogP contribution < -0.4 is 15.0 Å². The van der Waals surface area contributed by atoms with E-state index in [9.17, 15) is 4.79 Å². The van der Waals surface area contributed by atoms with E-state index in [-0.39, 0.29) is 11.3 Å². The molecule has 0 aliphatic rings. The number of methoxy groups -OCH3 is 1. The number of aryl methyl sites for hydroxylation is 1. The molecule has 0 aliphatic heterocycles. The van der Waals surface area contributed by atoms with Crippen molar-refractivity contribution in [2.75, 3.05) is 7.11 Å². The van der Waals surface area contributed by atoms with Gasteiger partial charge in [0.05, 0.1) is 19.2 Å². The Morgan fingerprint density at radius 1 is 0.882 bits per heavy atom. The summed E-state index contributed by atoms with van der Waals surface area (Å²) in [6.45, 7) is 2.39. The molecule has 0 radical (unpaired) electrons.